The lowest BCUT2D eigenvalue weighted by molar-refractivity contribution is 0.0637. The molecule has 1 saturated heterocycles. The van der Waals surface area contributed by atoms with Crippen molar-refractivity contribution in [2.24, 2.45) is 0 Å². The molecule has 0 aliphatic carbocycles. The topological polar surface area (TPSA) is 98.2 Å². The molecule has 2 aromatic carbocycles. The number of aromatic nitrogens is 4. The first kappa shape index (κ1) is 29.5. The smallest absolute Gasteiger partial charge is 0.253 e. The summed E-state index contributed by atoms with van der Waals surface area (Å²) >= 11 is 3.11. The number of amides is 1. The highest BCUT2D eigenvalue weighted by molar-refractivity contribution is 7.16. The molecule has 10 nitrogen and oxygen atoms in total. The van der Waals surface area contributed by atoms with Crippen molar-refractivity contribution < 1.29 is 18.7 Å². The van der Waals surface area contributed by atoms with Crippen molar-refractivity contribution in [1.82, 2.24) is 29.4 Å². The molecular weight excluding hydrogens is 609 g/mol. The number of fused-ring (bicyclic) bond motifs is 2. The van der Waals surface area contributed by atoms with Gasteiger partial charge in [0.05, 0.1) is 18.2 Å². The summed E-state index contributed by atoms with van der Waals surface area (Å²) in [6.07, 6.45) is 3.01. The van der Waals surface area contributed by atoms with E-state index in [4.69, 9.17) is 18.9 Å². The second-order valence-electron chi connectivity index (χ2n) is 11.2. The van der Waals surface area contributed by atoms with Crippen molar-refractivity contribution in [3.05, 3.63) is 69.7 Å². The first-order chi connectivity index (χ1) is 21.9. The maximum atomic E-state index is 13.1. The summed E-state index contributed by atoms with van der Waals surface area (Å²) in [6, 6.07) is 13.6. The van der Waals surface area contributed by atoms with Crippen molar-refractivity contribution in [2.45, 2.75) is 33.8 Å². The minimum Gasteiger partial charge on any atom is -0.497 e. The Kier molecular flexibility index (Phi) is 8.03. The second kappa shape index (κ2) is 12.3. The van der Waals surface area contributed by atoms with Crippen LogP contribution < -0.4 is 9.47 Å². The highest BCUT2D eigenvalue weighted by atomic mass is 32.1. The van der Waals surface area contributed by atoms with Gasteiger partial charge < -0.3 is 18.8 Å². The van der Waals surface area contributed by atoms with Gasteiger partial charge >= 0.3 is 0 Å². The summed E-state index contributed by atoms with van der Waals surface area (Å²) in [5.41, 5.74) is 3.99. The number of hydrogen-bond donors (Lipinski definition) is 0. The van der Waals surface area contributed by atoms with Crippen molar-refractivity contribution in [3.63, 3.8) is 0 Å². The van der Waals surface area contributed by atoms with Gasteiger partial charge in [-0.15, -0.1) is 11.3 Å². The van der Waals surface area contributed by atoms with Crippen LogP contribution >= 0.6 is 22.7 Å². The molecule has 5 heterocycles. The Hall–Kier alpha value is -4.26. The molecule has 0 N–H and O–H groups in total. The third-order valence-electron chi connectivity index (χ3n) is 8.03. The number of imidazole rings is 1. The van der Waals surface area contributed by atoms with E-state index in [0.717, 1.165) is 81.2 Å². The quantitative estimate of drug-likeness (QED) is 0.172. The van der Waals surface area contributed by atoms with E-state index >= 15 is 0 Å². The monoisotopic (exact) mass is 642 g/mol. The molecule has 1 aliphatic rings. The van der Waals surface area contributed by atoms with Gasteiger partial charge in [0.1, 0.15) is 33.6 Å². The average Bonchev–Trinajstić information content (AvgIpc) is 3.82. The zero-order chi connectivity index (χ0) is 31.1. The van der Waals surface area contributed by atoms with E-state index in [1.54, 1.807) is 23.0 Å². The number of ether oxygens (including phenoxy) is 2. The van der Waals surface area contributed by atoms with E-state index in [1.165, 1.54) is 11.3 Å². The van der Waals surface area contributed by atoms with E-state index in [1.807, 2.05) is 67.4 Å². The van der Waals surface area contributed by atoms with Crippen LogP contribution in [-0.4, -0.2) is 75.1 Å². The number of furan rings is 1. The number of nitrogens with zero attached hydrogens (tertiary/aromatic N) is 6. The number of methoxy groups -OCH3 is 1. The van der Waals surface area contributed by atoms with E-state index in [2.05, 4.69) is 21.9 Å². The number of benzene rings is 2. The predicted molar refractivity (Wildman–Crippen MR) is 177 cm³/mol. The van der Waals surface area contributed by atoms with Crippen LogP contribution in [0.3, 0.4) is 0 Å². The fourth-order valence-corrected chi connectivity index (χ4v) is 7.27. The molecule has 12 heteroatoms. The van der Waals surface area contributed by atoms with Gasteiger partial charge in [0.15, 0.2) is 5.76 Å². The van der Waals surface area contributed by atoms with Crippen LogP contribution in [0.15, 0.2) is 53.1 Å². The third-order valence-corrected chi connectivity index (χ3v) is 9.86. The summed E-state index contributed by atoms with van der Waals surface area (Å²) in [4.78, 5) is 28.8. The molecule has 1 amide bonds. The molecule has 0 saturated carbocycles. The molecule has 0 unspecified atom stereocenters. The summed E-state index contributed by atoms with van der Waals surface area (Å²) in [7, 11) is 1.64. The Balaban J connectivity index is 1.06. The molecule has 4 aromatic heterocycles. The maximum absolute atomic E-state index is 13.1. The Bertz CT molecular complexity index is 1950. The molecule has 232 valence electrons. The number of thiazole rings is 1. The van der Waals surface area contributed by atoms with E-state index in [-0.39, 0.29) is 12.5 Å². The predicted octanol–water partition coefficient (Wildman–Crippen LogP) is 6.70. The SMILES string of the molecule is CCCN1CCN(C(=O)c2ccc(-c3nc(OCc4cc(OC)cc5oc(-c6cn7nc(C)sc7n6)cc45)c(C)s3)cc2)CC1. The number of carbonyl (C=O) groups excluding carboxylic acids is 1. The van der Waals surface area contributed by atoms with Gasteiger partial charge in [0.25, 0.3) is 5.91 Å². The zero-order valence-corrected chi connectivity index (χ0v) is 27.3. The summed E-state index contributed by atoms with van der Waals surface area (Å²) < 4.78 is 19.8. The lowest BCUT2D eigenvalue weighted by atomic mass is 10.1. The second-order valence-corrected chi connectivity index (χ2v) is 13.5. The lowest BCUT2D eigenvalue weighted by Gasteiger charge is -2.34. The molecule has 1 fully saturated rings. The van der Waals surface area contributed by atoms with Gasteiger partial charge in [-0.2, -0.15) is 5.10 Å². The minimum atomic E-state index is 0.0866. The first-order valence-electron chi connectivity index (χ1n) is 15.0. The maximum Gasteiger partial charge on any atom is 0.253 e. The van der Waals surface area contributed by atoms with E-state index in [9.17, 15) is 4.79 Å². The van der Waals surface area contributed by atoms with Gasteiger partial charge in [-0.05, 0) is 51.1 Å². The van der Waals surface area contributed by atoms with Crippen molar-refractivity contribution in [1.29, 1.82) is 0 Å². The molecule has 0 atom stereocenters. The molecular formula is C33H34N6O4S2. The number of aryl methyl sites for hydroxylation is 2. The molecule has 7 rings (SSSR count). The van der Waals surface area contributed by atoms with Crippen molar-refractivity contribution >= 4 is 44.5 Å². The Morgan fingerprint density at radius 3 is 2.56 bits per heavy atom. The molecule has 1 aliphatic heterocycles. The van der Waals surface area contributed by atoms with Gasteiger partial charge in [-0.3, -0.25) is 9.69 Å². The Labute approximate surface area is 268 Å². The average molecular weight is 643 g/mol. The third kappa shape index (κ3) is 5.92. The van der Waals surface area contributed by atoms with Gasteiger partial charge in [0, 0.05) is 54.3 Å². The fraction of sp³-hybridized carbons (Fsp3) is 0.333. The normalized spacial score (nSPS) is 14.1. The Morgan fingerprint density at radius 1 is 1.02 bits per heavy atom. The van der Waals surface area contributed by atoms with Crippen LogP contribution in [0.5, 0.6) is 11.6 Å². The van der Waals surface area contributed by atoms with Crippen LogP contribution in [0.1, 0.15) is 39.2 Å². The first-order valence-corrected chi connectivity index (χ1v) is 16.7. The summed E-state index contributed by atoms with van der Waals surface area (Å²) in [5, 5.41) is 7.18. The van der Waals surface area contributed by atoms with Crippen LogP contribution in [-0.2, 0) is 6.61 Å². The molecule has 0 spiro atoms. The zero-order valence-electron chi connectivity index (χ0n) is 25.7. The fourth-order valence-electron chi connectivity index (χ4n) is 5.68. The number of carbonyl (C=O) groups is 1. The van der Waals surface area contributed by atoms with Crippen LogP contribution in [0.2, 0.25) is 0 Å². The van der Waals surface area contributed by atoms with Gasteiger partial charge in [0.2, 0.25) is 10.8 Å². The summed E-state index contributed by atoms with van der Waals surface area (Å²) in [6.45, 7) is 10.9. The molecule has 6 aromatic rings. The van der Waals surface area contributed by atoms with Gasteiger partial charge in [-0.25, -0.2) is 14.5 Å². The highest BCUT2D eigenvalue weighted by Gasteiger charge is 2.22. The van der Waals surface area contributed by atoms with Crippen molar-refractivity contribution in [3.8, 4) is 33.7 Å². The number of rotatable bonds is 9. The van der Waals surface area contributed by atoms with E-state index in [0.29, 0.717) is 28.5 Å². The van der Waals surface area contributed by atoms with Crippen LogP contribution in [0, 0.1) is 13.8 Å². The number of hydrogen-bond acceptors (Lipinski definition) is 10. The lowest BCUT2D eigenvalue weighted by Crippen LogP contribution is -2.48. The molecule has 0 bridgehead atoms. The highest BCUT2D eigenvalue weighted by Crippen LogP contribution is 2.36. The number of piperazine rings is 1. The minimum absolute atomic E-state index is 0.0866. The van der Waals surface area contributed by atoms with Crippen LogP contribution in [0.25, 0.3) is 38.0 Å². The molecule has 45 heavy (non-hydrogen) atoms. The van der Waals surface area contributed by atoms with Crippen LogP contribution in [0.4, 0.5) is 0 Å². The van der Waals surface area contributed by atoms with Crippen molar-refractivity contribution in [2.75, 3.05) is 39.8 Å². The van der Waals surface area contributed by atoms with Gasteiger partial charge in [-0.1, -0.05) is 30.4 Å². The largest absolute Gasteiger partial charge is 0.497 e. The molecule has 0 radical (unpaired) electrons. The Morgan fingerprint density at radius 2 is 1.82 bits per heavy atom. The van der Waals surface area contributed by atoms with E-state index < -0.39 is 0 Å². The standard InChI is InChI=1S/C33H34N6O4S2/c1-5-10-37-11-13-38(14-12-37)32(40)23-8-6-22(7-9-23)31-35-30(20(2)44-31)42-19-24-15-25(41-4)16-28-26(24)17-29(43-28)27-18-39-33(34-27)45-21(3)36-39/h6-9,15-18H,5,10-14,19H2,1-4H3. The summed E-state index contributed by atoms with van der Waals surface area (Å²) in [5.74, 6) is 2.00.